The van der Waals surface area contributed by atoms with Crippen LogP contribution in [0.25, 0.3) is 0 Å². The van der Waals surface area contributed by atoms with Gasteiger partial charge in [0.2, 0.25) is 0 Å². The molecule has 0 aliphatic rings. The number of aromatic nitrogens is 2. The van der Waals surface area contributed by atoms with E-state index in [0.29, 0.717) is 4.47 Å². The normalized spacial score (nSPS) is 10.1. The lowest BCUT2D eigenvalue weighted by Crippen LogP contribution is -2.08. The fraction of sp³-hybridized carbons (Fsp3) is 0.0833. The van der Waals surface area contributed by atoms with Crippen LogP contribution in [0.2, 0.25) is 0 Å². The van der Waals surface area contributed by atoms with Gasteiger partial charge in [-0.25, -0.2) is 19.2 Å². The van der Waals surface area contributed by atoms with Crippen molar-refractivity contribution in [2.45, 2.75) is 0 Å². The highest BCUT2D eigenvalue weighted by Gasteiger charge is 2.14. The number of ether oxygens (including phenoxy) is 1. The highest BCUT2D eigenvalue weighted by Crippen LogP contribution is 2.24. The molecule has 5 nitrogen and oxygen atoms in total. The maximum absolute atomic E-state index is 13.6. The molecule has 2 rings (SSSR count). The lowest BCUT2D eigenvalue weighted by molar-refractivity contribution is 0.0601. The summed E-state index contributed by atoms with van der Waals surface area (Å²) in [6.45, 7) is 0. The van der Waals surface area contributed by atoms with Crippen LogP contribution < -0.4 is 5.32 Å². The van der Waals surface area contributed by atoms with Crippen LogP contribution in [0.3, 0.4) is 0 Å². The van der Waals surface area contributed by atoms with Crippen molar-refractivity contribution in [3.63, 3.8) is 0 Å². The van der Waals surface area contributed by atoms with Gasteiger partial charge in [-0.3, -0.25) is 0 Å². The van der Waals surface area contributed by atoms with E-state index in [1.807, 2.05) is 0 Å². The summed E-state index contributed by atoms with van der Waals surface area (Å²) in [6, 6.07) is 4.41. The van der Waals surface area contributed by atoms with Crippen molar-refractivity contribution >= 4 is 33.4 Å². The van der Waals surface area contributed by atoms with Gasteiger partial charge in [0.1, 0.15) is 23.5 Å². The number of hydrogen-bond acceptors (Lipinski definition) is 5. The molecule has 0 bridgehead atoms. The van der Waals surface area contributed by atoms with E-state index in [9.17, 15) is 9.18 Å². The molecule has 2 aromatic rings. The Kier molecular flexibility index (Phi) is 4.06. The summed E-state index contributed by atoms with van der Waals surface area (Å²) in [7, 11) is 1.25. The summed E-state index contributed by atoms with van der Waals surface area (Å²) >= 11 is 3.24. The monoisotopic (exact) mass is 325 g/mol. The third-order valence-electron chi connectivity index (χ3n) is 2.30. The third kappa shape index (κ3) is 3.05. The zero-order chi connectivity index (χ0) is 13.8. The molecular formula is C12H9BrFN3O2. The number of rotatable bonds is 3. The van der Waals surface area contributed by atoms with Crippen molar-refractivity contribution in [3.05, 3.63) is 46.6 Å². The minimum Gasteiger partial charge on any atom is -0.465 e. The predicted molar refractivity (Wildman–Crippen MR) is 70.8 cm³/mol. The van der Waals surface area contributed by atoms with E-state index in [4.69, 9.17) is 0 Å². The summed E-state index contributed by atoms with van der Waals surface area (Å²) in [5, 5.41) is 2.74. The van der Waals surface area contributed by atoms with Crippen LogP contribution in [0.4, 0.5) is 15.9 Å². The Labute approximate surface area is 117 Å². The largest absolute Gasteiger partial charge is 0.465 e. The van der Waals surface area contributed by atoms with E-state index in [-0.39, 0.29) is 17.1 Å². The third-order valence-corrected chi connectivity index (χ3v) is 2.79. The Bertz CT molecular complexity index is 622. The van der Waals surface area contributed by atoms with Gasteiger partial charge >= 0.3 is 5.97 Å². The van der Waals surface area contributed by atoms with E-state index >= 15 is 0 Å². The highest BCUT2D eigenvalue weighted by atomic mass is 79.9. The molecule has 7 heteroatoms. The minimum atomic E-state index is -0.599. The molecule has 98 valence electrons. The molecular weight excluding hydrogens is 317 g/mol. The summed E-state index contributed by atoms with van der Waals surface area (Å²) in [6.07, 6.45) is 2.56. The van der Waals surface area contributed by atoms with Crippen LogP contribution >= 0.6 is 15.9 Å². The zero-order valence-corrected chi connectivity index (χ0v) is 11.4. The summed E-state index contributed by atoms with van der Waals surface area (Å²) in [5.74, 6) is -0.880. The number of benzene rings is 1. The predicted octanol–water partition coefficient (Wildman–Crippen LogP) is 2.91. The van der Waals surface area contributed by atoms with Crippen molar-refractivity contribution < 1.29 is 13.9 Å². The molecule has 0 saturated heterocycles. The second-order valence-corrected chi connectivity index (χ2v) is 4.44. The number of carbonyl (C=O) groups is 1. The van der Waals surface area contributed by atoms with Crippen LogP contribution in [-0.4, -0.2) is 23.0 Å². The average molecular weight is 326 g/mol. The fourth-order valence-electron chi connectivity index (χ4n) is 1.41. The zero-order valence-electron chi connectivity index (χ0n) is 9.85. The number of nitrogens with one attached hydrogen (secondary N) is 1. The number of carbonyl (C=O) groups excluding carboxylic acids is 1. The molecule has 0 aliphatic heterocycles. The molecule has 1 aromatic heterocycles. The van der Waals surface area contributed by atoms with Gasteiger partial charge in [0.15, 0.2) is 0 Å². The summed E-state index contributed by atoms with van der Waals surface area (Å²) < 4.78 is 18.9. The number of methoxy groups -OCH3 is 1. The number of esters is 1. The maximum atomic E-state index is 13.6. The number of halogens is 2. The van der Waals surface area contributed by atoms with Crippen LogP contribution in [0.5, 0.6) is 0 Å². The first-order valence-corrected chi connectivity index (χ1v) is 6.01. The van der Waals surface area contributed by atoms with Gasteiger partial charge in [-0.2, -0.15) is 0 Å². The Morgan fingerprint density at radius 3 is 3.00 bits per heavy atom. The van der Waals surface area contributed by atoms with Gasteiger partial charge in [-0.15, -0.1) is 0 Å². The fourth-order valence-corrected chi connectivity index (χ4v) is 1.77. The lowest BCUT2D eigenvalue weighted by atomic mass is 10.2. The highest BCUT2D eigenvalue weighted by molar-refractivity contribution is 9.10. The maximum Gasteiger partial charge on any atom is 0.343 e. The molecule has 0 amide bonds. The van der Waals surface area contributed by atoms with E-state index in [0.717, 1.165) is 0 Å². The van der Waals surface area contributed by atoms with Crippen LogP contribution in [-0.2, 0) is 4.74 Å². The molecule has 0 fully saturated rings. The van der Waals surface area contributed by atoms with Crippen LogP contribution in [0, 0.1) is 5.82 Å². The van der Waals surface area contributed by atoms with Gasteiger partial charge in [0.05, 0.1) is 12.8 Å². The summed E-state index contributed by atoms with van der Waals surface area (Å²) in [4.78, 5) is 19.2. The standard InChI is InChI=1S/C12H9BrFN3O2/c1-19-12(18)8-5-15-6-16-11(8)17-10-4-7(13)2-3-9(10)14/h2-6H,1H3,(H,15,16,17). The SMILES string of the molecule is COC(=O)c1cncnc1Nc1cc(Br)ccc1F. The van der Waals surface area contributed by atoms with E-state index in [1.54, 1.807) is 12.1 Å². The van der Waals surface area contributed by atoms with Crippen LogP contribution in [0.15, 0.2) is 35.2 Å². The van der Waals surface area contributed by atoms with Crippen LogP contribution in [0.1, 0.15) is 10.4 Å². The smallest absolute Gasteiger partial charge is 0.343 e. The Morgan fingerprint density at radius 1 is 1.47 bits per heavy atom. The molecule has 1 N–H and O–H groups in total. The van der Waals surface area contributed by atoms with E-state index in [2.05, 4.69) is 36.0 Å². The van der Waals surface area contributed by atoms with Gasteiger partial charge in [-0.05, 0) is 18.2 Å². The number of hydrogen-bond donors (Lipinski definition) is 1. The lowest BCUT2D eigenvalue weighted by Gasteiger charge is -2.10. The molecule has 1 aromatic carbocycles. The van der Waals surface area contributed by atoms with E-state index in [1.165, 1.54) is 25.7 Å². The van der Waals surface area contributed by atoms with Gasteiger partial charge in [0, 0.05) is 10.7 Å². The second kappa shape index (κ2) is 5.75. The van der Waals surface area contributed by atoms with Crippen molar-refractivity contribution in [1.29, 1.82) is 0 Å². The van der Waals surface area contributed by atoms with Gasteiger partial charge in [-0.1, -0.05) is 15.9 Å². The number of anilines is 2. The van der Waals surface area contributed by atoms with Crippen molar-refractivity contribution in [3.8, 4) is 0 Å². The Morgan fingerprint density at radius 2 is 2.26 bits per heavy atom. The molecule has 19 heavy (non-hydrogen) atoms. The van der Waals surface area contributed by atoms with E-state index < -0.39 is 11.8 Å². The summed E-state index contributed by atoms with van der Waals surface area (Å²) in [5.41, 5.74) is 0.322. The van der Waals surface area contributed by atoms with Crippen molar-refractivity contribution in [1.82, 2.24) is 9.97 Å². The average Bonchev–Trinajstić information content (AvgIpc) is 2.42. The first-order chi connectivity index (χ1) is 9.11. The molecule has 0 saturated carbocycles. The Balaban J connectivity index is 2.38. The molecule has 0 atom stereocenters. The first-order valence-electron chi connectivity index (χ1n) is 5.22. The van der Waals surface area contributed by atoms with Crippen molar-refractivity contribution in [2.75, 3.05) is 12.4 Å². The molecule has 1 heterocycles. The van der Waals surface area contributed by atoms with Gasteiger partial charge in [0.25, 0.3) is 0 Å². The first kappa shape index (κ1) is 13.4. The molecule has 0 aliphatic carbocycles. The molecule has 0 unspecified atom stereocenters. The minimum absolute atomic E-state index is 0.129. The number of nitrogens with zero attached hydrogens (tertiary/aromatic N) is 2. The quantitative estimate of drug-likeness (QED) is 0.879. The molecule has 0 radical (unpaired) electrons. The Hall–Kier alpha value is -2.02. The topological polar surface area (TPSA) is 64.1 Å². The van der Waals surface area contributed by atoms with Crippen molar-refractivity contribution in [2.24, 2.45) is 0 Å². The van der Waals surface area contributed by atoms with Gasteiger partial charge < -0.3 is 10.1 Å². The molecule has 0 spiro atoms. The second-order valence-electron chi connectivity index (χ2n) is 3.53.